The summed E-state index contributed by atoms with van der Waals surface area (Å²) < 4.78 is 0. The average molecular weight is 221 g/mol. The number of anilines is 2. The SMILES string of the molecule is NCC(=O)Nc1c[c]cc(NC(=O)CN)c1. The summed E-state index contributed by atoms with van der Waals surface area (Å²) >= 11 is 0. The van der Waals surface area contributed by atoms with Gasteiger partial charge < -0.3 is 22.1 Å². The summed E-state index contributed by atoms with van der Waals surface area (Å²) in [6, 6.07) is 7.52. The van der Waals surface area contributed by atoms with E-state index >= 15 is 0 Å². The number of carbonyl (C=O) groups is 2. The molecule has 2 amide bonds. The highest BCUT2D eigenvalue weighted by molar-refractivity contribution is 5.95. The molecular formula is C10H13N4O2. The van der Waals surface area contributed by atoms with Crippen LogP contribution in [-0.2, 0) is 9.59 Å². The number of nitrogens with two attached hydrogens (primary N) is 2. The standard InChI is InChI=1S/C10H13N4O2/c11-5-9(15)13-7-2-1-3-8(4-7)14-10(16)6-12/h2-4H,5-6,11-12H2,(H,13,15)(H,14,16). The number of nitrogens with one attached hydrogen (secondary N) is 2. The predicted octanol–water partition coefficient (Wildman–Crippen LogP) is -0.719. The summed E-state index contributed by atoms with van der Waals surface area (Å²) in [4.78, 5) is 22.0. The van der Waals surface area contributed by atoms with Gasteiger partial charge in [0.05, 0.1) is 13.1 Å². The van der Waals surface area contributed by atoms with E-state index in [2.05, 4.69) is 16.7 Å². The molecule has 0 spiro atoms. The van der Waals surface area contributed by atoms with Crippen LogP contribution in [0.25, 0.3) is 0 Å². The van der Waals surface area contributed by atoms with Gasteiger partial charge in [0.15, 0.2) is 0 Å². The van der Waals surface area contributed by atoms with Crippen molar-refractivity contribution in [1.29, 1.82) is 0 Å². The number of carbonyl (C=O) groups excluding carboxylic acids is 2. The minimum atomic E-state index is -0.310. The Morgan fingerprint density at radius 2 is 1.50 bits per heavy atom. The van der Waals surface area contributed by atoms with E-state index in [0.29, 0.717) is 11.4 Å². The fourth-order valence-electron chi connectivity index (χ4n) is 1.04. The van der Waals surface area contributed by atoms with Crippen LogP contribution < -0.4 is 22.1 Å². The number of rotatable bonds is 4. The molecule has 6 heteroatoms. The second kappa shape index (κ2) is 5.84. The third kappa shape index (κ3) is 3.68. The number of amides is 2. The first-order valence-electron chi connectivity index (χ1n) is 4.66. The summed E-state index contributed by atoms with van der Waals surface area (Å²) in [5.74, 6) is -0.619. The number of hydrogen-bond donors (Lipinski definition) is 4. The molecule has 1 radical (unpaired) electrons. The van der Waals surface area contributed by atoms with Crippen LogP contribution in [0.3, 0.4) is 0 Å². The molecule has 0 atom stereocenters. The molecular weight excluding hydrogens is 208 g/mol. The first kappa shape index (κ1) is 12.2. The van der Waals surface area contributed by atoms with Crippen molar-refractivity contribution in [2.75, 3.05) is 23.7 Å². The van der Waals surface area contributed by atoms with Gasteiger partial charge >= 0.3 is 0 Å². The Hall–Kier alpha value is -1.92. The Morgan fingerprint density at radius 3 is 1.88 bits per heavy atom. The maximum absolute atomic E-state index is 11.0. The lowest BCUT2D eigenvalue weighted by Crippen LogP contribution is -2.23. The molecule has 1 rings (SSSR count). The van der Waals surface area contributed by atoms with Crippen molar-refractivity contribution in [3.63, 3.8) is 0 Å². The fraction of sp³-hybridized carbons (Fsp3) is 0.200. The van der Waals surface area contributed by atoms with E-state index in [1.165, 1.54) is 0 Å². The van der Waals surface area contributed by atoms with Crippen LogP contribution in [0.4, 0.5) is 11.4 Å². The largest absolute Gasteiger partial charge is 0.325 e. The second-order valence-electron chi connectivity index (χ2n) is 3.01. The number of benzene rings is 1. The van der Waals surface area contributed by atoms with E-state index in [1.807, 2.05) is 0 Å². The van der Waals surface area contributed by atoms with Crippen LogP contribution in [0, 0.1) is 6.07 Å². The van der Waals surface area contributed by atoms with Gasteiger partial charge in [-0.15, -0.1) is 0 Å². The predicted molar refractivity (Wildman–Crippen MR) is 60.6 cm³/mol. The highest BCUT2D eigenvalue weighted by Crippen LogP contribution is 2.14. The van der Waals surface area contributed by atoms with Crippen molar-refractivity contribution < 1.29 is 9.59 Å². The maximum Gasteiger partial charge on any atom is 0.238 e. The van der Waals surface area contributed by atoms with Gasteiger partial charge in [-0.2, -0.15) is 0 Å². The first-order chi connectivity index (χ1) is 7.65. The summed E-state index contributed by atoms with van der Waals surface area (Å²) in [6.07, 6.45) is 0. The van der Waals surface area contributed by atoms with E-state index in [4.69, 9.17) is 11.5 Å². The summed E-state index contributed by atoms with van der Waals surface area (Å²) in [6.45, 7) is -0.196. The Bertz CT molecular complexity index is 359. The van der Waals surface area contributed by atoms with Crippen LogP contribution >= 0.6 is 0 Å². The maximum atomic E-state index is 11.0. The van der Waals surface area contributed by atoms with Gasteiger partial charge in [-0.1, -0.05) is 0 Å². The summed E-state index contributed by atoms with van der Waals surface area (Å²) in [5, 5.41) is 5.09. The van der Waals surface area contributed by atoms with Gasteiger partial charge in [0.25, 0.3) is 0 Å². The zero-order valence-corrected chi connectivity index (χ0v) is 8.62. The average Bonchev–Trinajstić information content (AvgIpc) is 2.29. The lowest BCUT2D eigenvalue weighted by molar-refractivity contribution is -0.115. The Kier molecular flexibility index (Phi) is 4.43. The van der Waals surface area contributed by atoms with Crippen LogP contribution in [0.5, 0.6) is 0 Å². The van der Waals surface area contributed by atoms with E-state index in [1.54, 1.807) is 18.2 Å². The molecule has 1 aromatic rings. The van der Waals surface area contributed by atoms with Crippen molar-refractivity contribution in [3.8, 4) is 0 Å². The van der Waals surface area contributed by atoms with Gasteiger partial charge in [0.2, 0.25) is 11.8 Å². The van der Waals surface area contributed by atoms with E-state index in [-0.39, 0.29) is 24.9 Å². The Labute approximate surface area is 93.0 Å². The third-order valence-corrected chi connectivity index (χ3v) is 1.73. The molecule has 6 N–H and O–H groups in total. The van der Waals surface area contributed by atoms with E-state index in [0.717, 1.165) is 0 Å². The molecule has 0 unspecified atom stereocenters. The molecule has 16 heavy (non-hydrogen) atoms. The molecule has 85 valence electrons. The molecule has 0 aliphatic rings. The van der Waals surface area contributed by atoms with Gasteiger partial charge in [-0.25, -0.2) is 0 Å². The van der Waals surface area contributed by atoms with Gasteiger partial charge in [0.1, 0.15) is 0 Å². The fourth-order valence-corrected chi connectivity index (χ4v) is 1.04. The lowest BCUT2D eigenvalue weighted by atomic mass is 10.2. The molecule has 0 aliphatic carbocycles. The number of hydrogen-bond acceptors (Lipinski definition) is 4. The van der Waals surface area contributed by atoms with Crippen molar-refractivity contribution in [1.82, 2.24) is 0 Å². The zero-order valence-electron chi connectivity index (χ0n) is 8.62. The summed E-state index contributed by atoms with van der Waals surface area (Å²) in [7, 11) is 0. The first-order valence-corrected chi connectivity index (χ1v) is 4.66. The highest BCUT2D eigenvalue weighted by atomic mass is 16.2. The van der Waals surface area contributed by atoms with Crippen molar-refractivity contribution in [2.45, 2.75) is 0 Å². The lowest BCUT2D eigenvalue weighted by Gasteiger charge is -2.07. The van der Waals surface area contributed by atoms with Crippen molar-refractivity contribution in [3.05, 3.63) is 24.3 Å². The third-order valence-electron chi connectivity index (χ3n) is 1.73. The second-order valence-corrected chi connectivity index (χ2v) is 3.01. The molecule has 0 bridgehead atoms. The van der Waals surface area contributed by atoms with Crippen LogP contribution in [-0.4, -0.2) is 24.9 Å². The molecule has 0 aromatic heterocycles. The molecule has 0 aliphatic heterocycles. The van der Waals surface area contributed by atoms with Crippen molar-refractivity contribution in [2.24, 2.45) is 11.5 Å². The smallest absolute Gasteiger partial charge is 0.238 e. The molecule has 0 saturated carbocycles. The quantitative estimate of drug-likeness (QED) is 0.537. The van der Waals surface area contributed by atoms with E-state index in [9.17, 15) is 9.59 Å². The molecule has 0 saturated heterocycles. The summed E-state index contributed by atoms with van der Waals surface area (Å²) in [5.41, 5.74) is 11.3. The molecule has 1 aromatic carbocycles. The Morgan fingerprint density at radius 1 is 1.06 bits per heavy atom. The highest BCUT2D eigenvalue weighted by Gasteiger charge is 2.02. The normalized spacial score (nSPS) is 9.62. The van der Waals surface area contributed by atoms with Gasteiger partial charge in [0, 0.05) is 11.4 Å². The monoisotopic (exact) mass is 221 g/mol. The van der Waals surface area contributed by atoms with Crippen LogP contribution in [0.1, 0.15) is 0 Å². The molecule has 0 heterocycles. The van der Waals surface area contributed by atoms with Gasteiger partial charge in [-0.3, -0.25) is 9.59 Å². The van der Waals surface area contributed by atoms with Crippen molar-refractivity contribution >= 4 is 23.2 Å². The van der Waals surface area contributed by atoms with Crippen LogP contribution in [0.15, 0.2) is 18.2 Å². The molecule has 6 nitrogen and oxygen atoms in total. The molecule has 0 fully saturated rings. The van der Waals surface area contributed by atoms with E-state index < -0.39 is 0 Å². The minimum Gasteiger partial charge on any atom is -0.325 e. The van der Waals surface area contributed by atoms with Gasteiger partial charge in [-0.05, 0) is 24.3 Å². The Balaban J connectivity index is 2.71. The van der Waals surface area contributed by atoms with Crippen LogP contribution in [0.2, 0.25) is 0 Å². The topological polar surface area (TPSA) is 110 Å². The minimum absolute atomic E-state index is 0.0978. The zero-order chi connectivity index (χ0) is 12.0.